The third-order valence-corrected chi connectivity index (χ3v) is 5.00. The maximum Gasteiger partial charge on any atom is 0.270 e. The molecule has 0 aliphatic carbocycles. The lowest BCUT2D eigenvalue weighted by Crippen LogP contribution is -2.27. The molecule has 1 saturated heterocycles. The summed E-state index contributed by atoms with van der Waals surface area (Å²) in [6.45, 7) is 0. The molecule has 2 aromatic carbocycles. The summed E-state index contributed by atoms with van der Waals surface area (Å²) in [5.74, 6) is -0.0601. The first-order chi connectivity index (χ1) is 10.1. The Balaban J connectivity index is 1.92. The molecule has 21 heavy (non-hydrogen) atoms. The third kappa shape index (κ3) is 3.20. The monoisotopic (exact) mass is 423 g/mol. The van der Waals surface area contributed by atoms with Gasteiger partial charge in [-0.15, -0.1) is 0 Å². The normalized spacial score (nSPS) is 16.8. The molecule has 0 aromatic heterocycles. The Morgan fingerprint density at radius 3 is 2.38 bits per heavy atom. The quantitative estimate of drug-likeness (QED) is 0.397. The Kier molecular flexibility index (Phi) is 4.42. The fourth-order valence-electron chi connectivity index (χ4n) is 1.98. The Bertz CT molecular complexity index is 726. The molecule has 0 unspecified atom stereocenters. The lowest BCUT2D eigenvalue weighted by molar-refractivity contribution is -0.113. The van der Waals surface area contributed by atoms with Crippen LogP contribution in [0.2, 0.25) is 0 Å². The average molecular weight is 423 g/mol. The Labute approximate surface area is 146 Å². The molecule has 0 N–H and O–H groups in total. The number of thioether (sulfide) groups is 1. The summed E-state index contributed by atoms with van der Waals surface area (Å²) < 4.78 is 1.70. The van der Waals surface area contributed by atoms with Crippen LogP contribution in [0.15, 0.2) is 59.5 Å². The first-order valence-corrected chi connectivity index (χ1v) is 8.54. The number of amides is 1. The maximum atomic E-state index is 12.6. The average Bonchev–Trinajstić information content (AvgIpc) is 2.76. The van der Waals surface area contributed by atoms with Crippen molar-refractivity contribution in [3.8, 4) is 0 Å². The molecular formula is C16H10INOS2. The highest BCUT2D eigenvalue weighted by Gasteiger charge is 2.33. The van der Waals surface area contributed by atoms with Crippen LogP contribution in [0.5, 0.6) is 0 Å². The van der Waals surface area contributed by atoms with Gasteiger partial charge in [-0.05, 0) is 58.5 Å². The Morgan fingerprint density at radius 1 is 1.05 bits per heavy atom. The van der Waals surface area contributed by atoms with Crippen LogP contribution in [0.25, 0.3) is 6.08 Å². The second-order valence-corrected chi connectivity index (χ2v) is 7.33. The van der Waals surface area contributed by atoms with Crippen molar-refractivity contribution in [3.63, 3.8) is 0 Å². The number of carbonyl (C=O) groups is 1. The summed E-state index contributed by atoms with van der Waals surface area (Å²) in [6, 6.07) is 17.6. The summed E-state index contributed by atoms with van der Waals surface area (Å²) in [4.78, 5) is 14.8. The van der Waals surface area contributed by atoms with Gasteiger partial charge >= 0.3 is 0 Å². The molecule has 1 heterocycles. The van der Waals surface area contributed by atoms with Gasteiger partial charge in [-0.3, -0.25) is 9.69 Å². The molecule has 1 amide bonds. The number of hydrogen-bond acceptors (Lipinski definition) is 3. The first kappa shape index (κ1) is 14.7. The number of carbonyl (C=O) groups excluding carboxylic acids is 1. The maximum absolute atomic E-state index is 12.6. The van der Waals surface area contributed by atoms with Gasteiger partial charge in [-0.2, -0.15) is 0 Å². The van der Waals surface area contributed by atoms with Crippen molar-refractivity contribution >= 4 is 68.6 Å². The van der Waals surface area contributed by atoms with E-state index in [9.17, 15) is 4.79 Å². The SMILES string of the molecule is O=C1/C(=C\c2ccccc2)SC(=S)N1c1ccc(I)cc1. The number of thiocarbonyl (C=S) groups is 1. The van der Waals surface area contributed by atoms with Crippen LogP contribution in [-0.2, 0) is 4.79 Å². The molecule has 5 heteroatoms. The number of anilines is 1. The van der Waals surface area contributed by atoms with Gasteiger partial charge in [0.25, 0.3) is 5.91 Å². The molecule has 2 nitrogen and oxygen atoms in total. The minimum absolute atomic E-state index is 0.0601. The number of rotatable bonds is 2. The molecule has 1 aliphatic rings. The largest absolute Gasteiger partial charge is 0.270 e. The molecule has 104 valence electrons. The van der Waals surface area contributed by atoms with Crippen LogP contribution in [0.4, 0.5) is 5.69 Å². The molecule has 0 saturated carbocycles. The molecular weight excluding hydrogens is 413 g/mol. The van der Waals surface area contributed by atoms with E-state index in [1.165, 1.54) is 11.8 Å². The van der Waals surface area contributed by atoms with Crippen LogP contribution < -0.4 is 4.90 Å². The van der Waals surface area contributed by atoms with Gasteiger partial charge in [0.05, 0.1) is 10.6 Å². The van der Waals surface area contributed by atoms with Gasteiger partial charge < -0.3 is 0 Å². The van der Waals surface area contributed by atoms with Crippen LogP contribution in [-0.4, -0.2) is 10.2 Å². The summed E-state index contributed by atoms with van der Waals surface area (Å²) in [5.41, 5.74) is 1.81. The van der Waals surface area contributed by atoms with Crippen LogP contribution >= 0.6 is 46.6 Å². The van der Waals surface area contributed by atoms with Gasteiger partial charge in [-0.1, -0.05) is 54.3 Å². The Morgan fingerprint density at radius 2 is 1.71 bits per heavy atom. The zero-order valence-electron chi connectivity index (χ0n) is 10.8. The zero-order chi connectivity index (χ0) is 14.8. The van der Waals surface area contributed by atoms with Crippen molar-refractivity contribution in [2.75, 3.05) is 4.90 Å². The summed E-state index contributed by atoms with van der Waals surface area (Å²) in [5, 5.41) is 0. The fraction of sp³-hybridized carbons (Fsp3) is 0. The highest BCUT2D eigenvalue weighted by molar-refractivity contribution is 14.1. The van der Waals surface area contributed by atoms with Crippen molar-refractivity contribution in [3.05, 3.63) is 68.6 Å². The van der Waals surface area contributed by atoms with Gasteiger partial charge in [0, 0.05) is 3.57 Å². The summed E-state index contributed by atoms with van der Waals surface area (Å²) >= 11 is 8.93. The molecule has 3 rings (SSSR count). The first-order valence-electron chi connectivity index (χ1n) is 6.24. The van der Waals surface area contributed by atoms with Crippen LogP contribution in [0.1, 0.15) is 5.56 Å². The van der Waals surface area contributed by atoms with E-state index in [0.29, 0.717) is 9.23 Å². The van der Waals surface area contributed by atoms with Crippen LogP contribution in [0, 0.1) is 3.57 Å². The van der Waals surface area contributed by atoms with Gasteiger partial charge in [-0.25, -0.2) is 0 Å². The van der Waals surface area contributed by atoms with Crippen molar-refractivity contribution in [1.82, 2.24) is 0 Å². The van der Waals surface area contributed by atoms with Crippen LogP contribution in [0.3, 0.4) is 0 Å². The molecule has 0 radical (unpaired) electrons. The molecule has 1 aliphatic heterocycles. The highest BCUT2D eigenvalue weighted by atomic mass is 127. The van der Waals surface area contributed by atoms with Crippen molar-refractivity contribution in [2.45, 2.75) is 0 Å². The summed E-state index contributed by atoms with van der Waals surface area (Å²) in [6.07, 6.45) is 1.88. The highest BCUT2D eigenvalue weighted by Crippen LogP contribution is 2.36. The molecule has 0 bridgehead atoms. The predicted molar refractivity (Wildman–Crippen MR) is 101 cm³/mol. The van der Waals surface area contributed by atoms with E-state index in [-0.39, 0.29) is 5.91 Å². The smallest absolute Gasteiger partial charge is 0.268 e. The second-order valence-electron chi connectivity index (χ2n) is 4.40. The van der Waals surface area contributed by atoms with Gasteiger partial charge in [0.2, 0.25) is 0 Å². The number of hydrogen-bond donors (Lipinski definition) is 0. The van der Waals surface area contributed by atoms with Crippen molar-refractivity contribution in [1.29, 1.82) is 0 Å². The van der Waals surface area contributed by atoms with Gasteiger partial charge in [0.15, 0.2) is 4.32 Å². The number of halogens is 1. The molecule has 1 fully saturated rings. The van der Waals surface area contributed by atoms with E-state index in [0.717, 1.165) is 14.8 Å². The Hall–Kier alpha value is -1.18. The molecule has 0 atom stereocenters. The lowest BCUT2D eigenvalue weighted by Gasteiger charge is -2.14. The van der Waals surface area contributed by atoms with E-state index in [4.69, 9.17) is 12.2 Å². The third-order valence-electron chi connectivity index (χ3n) is 2.98. The standard InChI is InChI=1S/C16H10INOS2/c17-12-6-8-13(9-7-12)18-15(19)14(21-16(18)20)10-11-4-2-1-3-5-11/h1-10H/b14-10+. The molecule has 0 spiro atoms. The second kappa shape index (κ2) is 6.29. The van der Waals surface area contributed by atoms with Gasteiger partial charge in [0.1, 0.15) is 0 Å². The lowest BCUT2D eigenvalue weighted by atomic mass is 10.2. The number of nitrogens with zero attached hydrogens (tertiary/aromatic N) is 1. The van der Waals surface area contributed by atoms with Crippen molar-refractivity contribution in [2.24, 2.45) is 0 Å². The van der Waals surface area contributed by atoms with E-state index >= 15 is 0 Å². The zero-order valence-corrected chi connectivity index (χ0v) is 14.6. The topological polar surface area (TPSA) is 20.3 Å². The number of benzene rings is 2. The van der Waals surface area contributed by atoms with E-state index in [1.54, 1.807) is 4.90 Å². The minimum Gasteiger partial charge on any atom is -0.268 e. The molecule has 2 aromatic rings. The van der Waals surface area contributed by atoms with Crippen molar-refractivity contribution < 1.29 is 4.79 Å². The predicted octanol–water partition coefficient (Wildman–Crippen LogP) is 4.70. The summed E-state index contributed by atoms with van der Waals surface area (Å²) in [7, 11) is 0. The minimum atomic E-state index is -0.0601. The van der Waals surface area contributed by atoms with E-state index in [2.05, 4.69) is 22.6 Å². The van der Waals surface area contributed by atoms with E-state index in [1.807, 2.05) is 60.7 Å². The fourth-order valence-corrected chi connectivity index (χ4v) is 3.64. The van der Waals surface area contributed by atoms with E-state index < -0.39 is 0 Å².